The molecule has 129 valence electrons. The number of fused-ring (bicyclic) bond motifs is 1. The van der Waals surface area contributed by atoms with Crippen LogP contribution in [0.5, 0.6) is 0 Å². The SMILES string of the molecule is CC1=C2c3cocc3C1[Si]2(C)C.CC1=Cc2ccccc2[CH]1[Zr+2].[Cl-].[Cl-]. The Balaban J connectivity index is 0.000000168. The quantitative estimate of drug-likeness (QED) is 0.483. The van der Waals surface area contributed by atoms with Gasteiger partial charge in [-0.3, -0.25) is 0 Å². The van der Waals surface area contributed by atoms with Gasteiger partial charge in [-0.25, -0.2) is 0 Å². The van der Waals surface area contributed by atoms with Gasteiger partial charge in [0.05, 0.1) is 20.6 Å². The molecule has 0 N–H and O–H groups in total. The number of allylic oxidation sites excluding steroid dienone is 2. The van der Waals surface area contributed by atoms with E-state index in [4.69, 9.17) is 4.42 Å². The van der Waals surface area contributed by atoms with Gasteiger partial charge < -0.3 is 29.2 Å². The summed E-state index contributed by atoms with van der Waals surface area (Å²) in [6.07, 6.45) is 6.17. The number of furan rings is 1. The van der Waals surface area contributed by atoms with Crippen molar-refractivity contribution < 1.29 is 54.0 Å². The molecule has 2 aromatic rings. The molecule has 2 bridgehead atoms. The summed E-state index contributed by atoms with van der Waals surface area (Å²) >= 11 is 1.60. The van der Waals surface area contributed by atoms with E-state index in [2.05, 4.69) is 57.3 Å². The maximum Gasteiger partial charge on any atom is -1.00 e. The molecule has 6 rings (SSSR count). The van der Waals surface area contributed by atoms with E-state index >= 15 is 0 Å². The minimum absolute atomic E-state index is 0. The second-order valence-corrected chi connectivity index (χ2v) is 13.3. The summed E-state index contributed by atoms with van der Waals surface area (Å²) in [6.45, 7) is 9.41. The topological polar surface area (TPSA) is 13.1 Å². The standard InChI is InChI=1S/C10H12OSi.C10H9.2ClH.Zr/c1-6-9-7-4-11-5-8(7)10(6)12(9,2)3;1-8-6-9-4-2-3-5-10(9)7-8;;;/h4-5,9H,1-3H3;2-7H,1H3;2*1H;/q;;;;+2/p-2. The van der Waals surface area contributed by atoms with Gasteiger partial charge in [-0.05, 0) is 12.1 Å². The molecule has 1 aromatic carbocycles. The molecule has 2 unspecified atom stereocenters. The van der Waals surface area contributed by atoms with Crippen LogP contribution in [0.15, 0.2) is 52.4 Å². The van der Waals surface area contributed by atoms with Gasteiger partial charge in [0.25, 0.3) is 0 Å². The van der Waals surface area contributed by atoms with Crippen LogP contribution in [0.4, 0.5) is 0 Å². The van der Waals surface area contributed by atoms with Gasteiger partial charge in [0.2, 0.25) is 0 Å². The zero-order valence-corrected chi connectivity index (χ0v) is 19.8. The molecule has 0 amide bonds. The minimum Gasteiger partial charge on any atom is -1.00 e. The Morgan fingerprint density at radius 3 is 2.28 bits per heavy atom. The third-order valence-electron chi connectivity index (χ3n) is 5.61. The summed E-state index contributed by atoms with van der Waals surface area (Å²) < 4.78 is 5.94. The average molecular weight is 468 g/mol. The van der Waals surface area contributed by atoms with Gasteiger partial charge in [-0.1, -0.05) is 18.7 Å². The molecule has 3 heterocycles. The van der Waals surface area contributed by atoms with Crippen LogP contribution in [0, 0.1) is 0 Å². The first kappa shape index (κ1) is 21.0. The van der Waals surface area contributed by atoms with E-state index in [1.165, 1.54) is 27.8 Å². The number of hydrogen-bond donors (Lipinski definition) is 0. The maximum absolute atomic E-state index is 5.22. The second kappa shape index (κ2) is 7.35. The zero-order chi connectivity index (χ0) is 16.4. The zero-order valence-electron chi connectivity index (χ0n) is 14.9. The first-order valence-corrected chi connectivity index (χ1v) is 12.7. The Bertz CT molecular complexity index is 866. The van der Waals surface area contributed by atoms with Crippen molar-refractivity contribution in [1.82, 2.24) is 0 Å². The molecule has 1 aromatic heterocycles. The van der Waals surface area contributed by atoms with E-state index in [0.717, 1.165) is 9.17 Å². The minimum atomic E-state index is -1.04. The molecule has 1 nitrogen and oxygen atoms in total. The van der Waals surface area contributed by atoms with Crippen LogP contribution in [-0.4, -0.2) is 8.07 Å². The van der Waals surface area contributed by atoms with Crippen molar-refractivity contribution in [1.29, 1.82) is 0 Å². The van der Waals surface area contributed by atoms with Crippen LogP contribution in [0.3, 0.4) is 0 Å². The predicted molar refractivity (Wildman–Crippen MR) is 94.4 cm³/mol. The Hall–Kier alpha value is -0.340. The van der Waals surface area contributed by atoms with E-state index in [9.17, 15) is 0 Å². The van der Waals surface area contributed by atoms with Crippen molar-refractivity contribution in [2.75, 3.05) is 0 Å². The van der Waals surface area contributed by atoms with Crippen molar-refractivity contribution in [2.24, 2.45) is 0 Å². The number of hydrogen-bond acceptors (Lipinski definition) is 1. The molecule has 2 aliphatic heterocycles. The van der Waals surface area contributed by atoms with Gasteiger partial charge in [0.15, 0.2) is 0 Å². The van der Waals surface area contributed by atoms with E-state index in [1.54, 1.807) is 35.5 Å². The molecule has 25 heavy (non-hydrogen) atoms. The van der Waals surface area contributed by atoms with Gasteiger partial charge in [0.1, 0.15) is 0 Å². The Kier molecular flexibility index (Phi) is 6.16. The summed E-state index contributed by atoms with van der Waals surface area (Å²) in [5, 5.41) is 1.66. The Labute approximate surface area is 178 Å². The van der Waals surface area contributed by atoms with Crippen LogP contribution >= 0.6 is 0 Å². The summed E-state index contributed by atoms with van der Waals surface area (Å²) in [5.74, 6) is 0. The molecular formula is C20H21Cl2OSiZr. The third kappa shape index (κ3) is 3.02. The largest absolute Gasteiger partial charge is 1.00 e. The van der Waals surface area contributed by atoms with Crippen LogP contribution in [0.25, 0.3) is 11.3 Å². The molecule has 2 aliphatic carbocycles. The normalized spacial score (nSPS) is 23.2. The van der Waals surface area contributed by atoms with Crippen LogP contribution < -0.4 is 24.8 Å². The van der Waals surface area contributed by atoms with Gasteiger partial charge >= 0.3 is 82.3 Å². The third-order valence-corrected chi connectivity index (χ3v) is 11.6. The molecule has 0 spiro atoms. The van der Waals surface area contributed by atoms with Crippen molar-refractivity contribution in [2.45, 2.75) is 36.1 Å². The molecule has 5 heteroatoms. The van der Waals surface area contributed by atoms with Gasteiger partial charge in [-0.15, -0.1) is 0 Å². The molecule has 0 fully saturated rings. The monoisotopic (exact) mass is 465 g/mol. The number of halogens is 2. The smallest absolute Gasteiger partial charge is 1.00 e. The summed E-state index contributed by atoms with van der Waals surface area (Å²) in [4.78, 5) is 0. The predicted octanol–water partition coefficient (Wildman–Crippen LogP) is -0.350. The summed E-state index contributed by atoms with van der Waals surface area (Å²) in [6, 6.07) is 8.67. The first-order valence-electron chi connectivity index (χ1n) is 8.19. The fourth-order valence-corrected chi connectivity index (χ4v) is 9.85. The van der Waals surface area contributed by atoms with Gasteiger partial charge in [0, 0.05) is 16.7 Å². The fraction of sp³-hybridized carbons (Fsp3) is 0.300. The van der Waals surface area contributed by atoms with Crippen molar-refractivity contribution in [3.05, 3.63) is 70.2 Å². The molecular weight excluding hydrogens is 446 g/mol. The van der Waals surface area contributed by atoms with Crippen molar-refractivity contribution in [3.8, 4) is 0 Å². The second-order valence-electron chi connectivity index (χ2n) is 7.40. The number of rotatable bonds is 0. The Morgan fingerprint density at radius 2 is 1.68 bits per heavy atom. The van der Waals surface area contributed by atoms with E-state index in [-0.39, 0.29) is 24.8 Å². The van der Waals surface area contributed by atoms with Crippen LogP contribution in [-0.2, 0) is 24.7 Å². The molecule has 4 aliphatic rings. The number of benzene rings is 1. The Morgan fingerprint density at radius 1 is 1.00 bits per heavy atom. The average Bonchev–Trinajstić information content (AvgIpc) is 3.18. The van der Waals surface area contributed by atoms with E-state index in [0.29, 0.717) is 0 Å². The fourth-order valence-electron chi connectivity index (χ4n) is 4.65. The molecule has 0 saturated heterocycles. The van der Waals surface area contributed by atoms with Crippen LogP contribution in [0.1, 0.15) is 45.3 Å². The molecule has 0 saturated carbocycles. The van der Waals surface area contributed by atoms with Crippen molar-refractivity contribution >= 4 is 19.3 Å². The first-order chi connectivity index (χ1) is 10.9. The van der Waals surface area contributed by atoms with Gasteiger partial charge in [-0.2, -0.15) is 0 Å². The molecule has 2 atom stereocenters. The van der Waals surface area contributed by atoms with E-state index < -0.39 is 8.07 Å². The van der Waals surface area contributed by atoms with Crippen molar-refractivity contribution in [3.63, 3.8) is 0 Å². The maximum atomic E-state index is 5.22. The van der Waals surface area contributed by atoms with E-state index in [1.807, 2.05) is 12.5 Å². The summed E-state index contributed by atoms with van der Waals surface area (Å²) in [5.41, 5.74) is 9.75. The summed E-state index contributed by atoms with van der Waals surface area (Å²) in [7, 11) is -1.04. The molecule has 0 radical (unpaired) electrons. The van der Waals surface area contributed by atoms with Crippen LogP contribution in [0.2, 0.25) is 13.1 Å².